The second-order valence-electron chi connectivity index (χ2n) is 4.92. The van der Waals surface area contributed by atoms with E-state index in [0.717, 1.165) is 24.3 Å². The van der Waals surface area contributed by atoms with Crippen LogP contribution < -0.4 is 5.32 Å². The number of fused-ring (bicyclic) bond motifs is 1. The first kappa shape index (κ1) is 12.1. The van der Waals surface area contributed by atoms with Gasteiger partial charge in [-0.25, -0.2) is 4.79 Å². The number of nitrogens with one attached hydrogen (secondary N) is 1. The van der Waals surface area contributed by atoms with E-state index < -0.39 is 18.4 Å². The Morgan fingerprint density at radius 2 is 2.32 bits per heavy atom. The first-order valence-corrected chi connectivity index (χ1v) is 6.40. The van der Waals surface area contributed by atoms with Crippen molar-refractivity contribution in [3.8, 4) is 0 Å². The maximum absolute atomic E-state index is 11.8. The van der Waals surface area contributed by atoms with Crippen molar-refractivity contribution in [2.45, 2.75) is 43.9 Å². The van der Waals surface area contributed by atoms with Crippen molar-refractivity contribution >= 4 is 11.9 Å². The van der Waals surface area contributed by atoms with Crippen LogP contribution in [-0.2, 0) is 14.3 Å². The highest BCUT2D eigenvalue weighted by Crippen LogP contribution is 2.32. The van der Waals surface area contributed by atoms with Gasteiger partial charge in [-0.1, -0.05) is 6.08 Å². The molecule has 3 atom stereocenters. The molecule has 3 unspecified atom stereocenters. The molecule has 3 aliphatic rings. The second kappa shape index (κ2) is 4.60. The summed E-state index contributed by atoms with van der Waals surface area (Å²) in [5.41, 5.74) is 0.941. The Morgan fingerprint density at radius 3 is 3.11 bits per heavy atom. The zero-order valence-electron chi connectivity index (χ0n) is 10.3. The molecule has 0 spiro atoms. The molecule has 102 valence electrons. The van der Waals surface area contributed by atoms with Gasteiger partial charge in [0.25, 0.3) is 0 Å². The topological polar surface area (TPSA) is 84.9 Å². The van der Waals surface area contributed by atoms with Crippen molar-refractivity contribution in [1.82, 2.24) is 5.32 Å². The van der Waals surface area contributed by atoms with E-state index in [1.54, 1.807) is 0 Å². The molecular formula is C13H15NO5. The Morgan fingerprint density at radius 1 is 1.47 bits per heavy atom. The maximum atomic E-state index is 11.8. The van der Waals surface area contributed by atoms with E-state index in [-0.39, 0.29) is 11.8 Å². The van der Waals surface area contributed by atoms with Crippen LogP contribution in [0.15, 0.2) is 23.6 Å². The standard InChI is InChI=1S/C13H15NO5/c15-9-6-5-8-11(12(9)19-13(16)17)18-10-4-2-1-3-7(10)14-8/h1,3,8,11-12,14H,2,4-6H2,(H,16,17). The highest BCUT2D eigenvalue weighted by molar-refractivity contribution is 5.86. The number of rotatable bonds is 1. The molecule has 2 aliphatic carbocycles. The SMILES string of the molecule is O=C(O)OC1C(=O)CCC2NC3=C(CCC=C3)OC21. The lowest BCUT2D eigenvalue weighted by atomic mass is 9.87. The number of ether oxygens (including phenoxy) is 2. The van der Waals surface area contributed by atoms with E-state index in [4.69, 9.17) is 14.6 Å². The minimum atomic E-state index is -1.44. The molecule has 1 heterocycles. The number of carbonyl (C=O) groups excluding carboxylic acids is 1. The summed E-state index contributed by atoms with van der Waals surface area (Å²) in [6.07, 6.45) is 3.60. The van der Waals surface area contributed by atoms with Gasteiger partial charge in [-0.3, -0.25) is 4.79 Å². The van der Waals surface area contributed by atoms with E-state index in [0.29, 0.717) is 12.8 Å². The van der Waals surface area contributed by atoms with Gasteiger partial charge < -0.3 is 19.9 Å². The maximum Gasteiger partial charge on any atom is 0.506 e. The number of allylic oxidation sites excluding steroid dienone is 3. The van der Waals surface area contributed by atoms with Crippen LogP contribution in [0.4, 0.5) is 4.79 Å². The van der Waals surface area contributed by atoms with Crippen LogP contribution in [0.2, 0.25) is 0 Å². The van der Waals surface area contributed by atoms with Gasteiger partial charge in [0.1, 0.15) is 5.76 Å². The quantitative estimate of drug-likeness (QED) is 0.696. The Bertz CT molecular complexity index is 481. The van der Waals surface area contributed by atoms with Gasteiger partial charge >= 0.3 is 6.16 Å². The molecule has 3 rings (SSSR count). The van der Waals surface area contributed by atoms with Crippen LogP contribution in [0.1, 0.15) is 25.7 Å². The van der Waals surface area contributed by atoms with Crippen molar-refractivity contribution in [2.24, 2.45) is 0 Å². The number of carbonyl (C=O) groups is 2. The van der Waals surface area contributed by atoms with Gasteiger partial charge in [0, 0.05) is 12.8 Å². The van der Waals surface area contributed by atoms with Crippen molar-refractivity contribution in [2.75, 3.05) is 0 Å². The number of carboxylic acid groups (broad SMARTS) is 1. The molecule has 1 fully saturated rings. The van der Waals surface area contributed by atoms with Gasteiger partial charge in [0.2, 0.25) is 6.10 Å². The molecule has 0 aromatic carbocycles. The molecule has 0 saturated heterocycles. The molecule has 0 aromatic heterocycles. The first-order valence-electron chi connectivity index (χ1n) is 6.40. The van der Waals surface area contributed by atoms with Crippen LogP contribution in [0, 0.1) is 0 Å². The second-order valence-corrected chi connectivity index (χ2v) is 4.92. The summed E-state index contributed by atoms with van der Waals surface area (Å²) in [5, 5.41) is 12.1. The predicted octanol–water partition coefficient (Wildman–Crippen LogP) is 1.33. The number of Topliss-reactive ketones (excluding diaryl/α,β-unsaturated/α-hetero) is 1. The van der Waals surface area contributed by atoms with Crippen LogP contribution >= 0.6 is 0 Å². The van der Waals surface area contributed by atoms with Crippen molar-refractivity contribution in [1.29, 1.82) is 0 Å². The smallest absolute Gasteiger partial charge is 0.486 e. The fraction of sp³-hybridized carbons (Fsp3) is 0.538. The summed E-state index contributed by atoms with van der Waals surface area (Å²) in [7, 11) is 0. The van der Waals surface area contributed by atoms with Crippen LogP contribution in [0.3, 0.4) is 0 Å². The van der Waals surface area contributed by atoms with Crippen molar-refractivity contribution in [3.05, 3.63) is 23.6 Å². The Labute approximate surface area is 110 Å². The first-order chi connectivity index (χ1) is 9.15. The lowest BCUT2D eigenvalue weighted by Crippen LogP contribution is -2.57. The average molecular weight is 265 g/mol. The molecule has 1 aliphatic heterocycles. The van der Waals surface area contributed by atoms with Gasteiger partial charge in [0.05, 0.1) is 11.7 Å². The van der Waals surface area contributed by atoms with Gasteiger partial charge in [-0.15, -0.1) is 0 Å². The highest BCUT2D eigenvalue weighted by Gasteiger charge is 2.45. The molecule has 0 bridgehead atoms. The van der Waals surface area contributed by atoms with Crippen LogP contribution in [0.5, 0.6) is 0 Å². The minimum absolute atomic E-state index is 0.0800. The van der Waals surface area contributed by atoms with E-state index in [1.165, 1.54) is 0 Å². The molecular weight excluding hydrogens is 250 g/mol. The van der Waals surface area contributed by atoms with Gasteiger partial charge in [0.15, 0.2) is 11.9 Å². The Hall–Kier alpha value is -1.98. The highest BCUT2D eigenvalue weighted by atomic mass is 16.7. The summed E-state index contributed by atoms with van der Waals surface area (Å²) >= 11 is 0. The minimum Gasteiger partial charge on any atom is -0.486 e. The third-order valence-electron chi connectivity index (χ3n) is 3.68. The normalized spacial score (nSPS) is 32.8. The number of ketones is 1. The van der Waals surface area contributed by atoms with Crippen LogP contribution in [0.25, 0.3) is 0 Å². The lowest BCUT2D eigenvalue weighted by molar-refractivity contribution is -0.144. The molecule has 6 heteroatoms. The number of hydrogen-bond acceptors (Lipinski definition) is 5. The molecule has 0 aromatic rings. The molecule has 2 N–H and O–H groups in total. The van der Waals surface area contributed by atoms with E-state index >= 15 is 0 Å². The fourth-order valence-electron chi connectivity index (χ4n) is 2.80. The summed E-state index contributed by atoms with van der Waals surface area (Å²) in [6.45, 7) is 0. The summed E-state index contributed by atoms with van der Waals surface area (Å²) in [4.78, 5) is 22.5. The molecule has 0 amide bonds. The number of hydrogen-bond donors (Lipinski definition) is 2. The monoisotopic (exact) mass is 265 g/mol. The van der Waals surface area contributed by atoms with E-state index in [9.17, 15) is 9.59 Å². The lowest BCUT2D eigenvalue weighted by Gasteiger charge is -2.42. The zero-order chi connectivity index (χ0) is 13.4. The van der Waals surface area contributed by atoms with Gasteiger partial charge in [-0.05, 0) is 18.9 Å². The summed E-state index contributed by atoms with van der Waals surface area (Å²) < 4.78 is 10.5. The molecule has 6 nitrogen and oxygen atoms in total. The fourth-order valence-corrected chi connectivity index (χ4v) is 2.80. The molecule has 0 radical (unpaired) electrons. The predicted molar refractivity (Wildman–Crippen MR) is 64.3 cm³/mol. The largest absolute Gasteiger partial charge is 0.506 e. The van der Waals surface area contributed by atoms with E-state index in [2.05, 4.69) is 11.4 Å². The van der Waals surface area contributed by atoms with E-state index in [1.807, 2.05) is 6.08 Å². The van der Waals surface area contributed by atoms with Crippen molar-refractivity contribution < 1.29 is 24.2 Å². The van der Waals surface area contributed by atoms with Crippen LogP contribution in [-0.4, -0.2) is 35.3 Å². The zero-order valence-corrected chi connectivity index (χ0v) is 10.3. The van der Waals surface area contributed by atoms with Crippen molar-refractivity contribution in [3.63, 3.8) is 0 Å². The Kier molecular flexibility index (Phi) is 2.93. The molecule has 19 heavy (non-hydrogen) atoms. The molecule has 1 saturated carbocycles. The Balaban J connectivity index is 1.84. The summed E-state index contributed by atoms with van der Waals surface area (Å²) in [5.74, 6) is 0.582. The van der Waals surface area contributed by atoms with Gasteiger partial charge in [-0.2, -0.15) is 0 Å². The third kappa shape index (κ3) is 2.18. The third-order valence-corrected chi connectivity index (χ3v) is 3.68. The summed E-state index contributed by atoms with van der Waals surface area (Å²) in [6, 6.07) is -0.0800. The average Bonchev–Trinajstić information content (AvgIpc) is 2.40.